The fourth-order valence-corrected chi connectivity index (χ4v) is 8.17. The molecule has 2 aromatic heterocycles. The number of rotatable bonds is 4. The van der Waals surface area contributed by atoms with Crippen molar-refractivity contribution in [2.45, 2.75) is 121 Å². The fourth-order valence-electron chi connectivity index (χ4n) is 6.90. The zero-order chi connectivity index (χ0) is 30.5. The lowest BCUT2D eigenvalue weighted by molar-refractivity contribution is -0.251. The molecule has 2 fully saturated rings. The van der Waals surface area contributed by atoms with Crippen molar-refractivity contribution in [3.05, 3.63) is 57.7 Å². The molecule has 1 N–H and O–H groups in total. The third-order valence-electron chi connectivity index (χ3n) is 10.5. The van der Waals surface area contributed by atoms with Gasteiger partial charge in [-0.05, 0) is 67.3 Å². The molecule has 1 saturated heterocycles. The van der Waals surface area contributed by atoms with Gasteiger partial charge in [-0.1, -0.05) is 34.6 Å². The van der Waals surface area contributed by atoms with Gasteiger partial charge in [0.1, 0.15) is 11.3 Å². The van der Waals surface area contributed by atoms with Gasteiger partial charge in [-0.2, -0.15) is 13.2 Å². The van der Waals surface area contributed by atoms with Crippen LogP contribution in [0.15, 0.2) is 18.3 Å². The van der Waals surface area contributed by atoms with E-state index in [1.54, 1.807) is 0 Å². The molecule has 2 atom stereocenters. The number of hydrogen-bond acceptors (Lipinski definition) is 6. The molecule has 1 saturated carbocycles. The van der Waals surface area contributed by atoms with E-state index in [1.165, 1.54) is 6.07 Å². The molecule has 4 heterocycles. The zero-order valence-corrected chi connectivity index (χ0v) is 26.7. The highest BCUT2D eigenvalue weighted by Gasteiger charge is 2.61. The number of nitrogens with zero attached hydrogens (tertiary/aromatic N) is 2. The largest absolute Gasteiger partial charge is 0.433 e. The smallest absolute Gasteiger partial charge is 0.410 e. The maximum absolute atomic E-state index is 13.4. The number of pyridine rings is 2. The van der Waals surface area contributed by atoms with Gasteiger partial charge >= 0.3 is 6.18 Å². The normalized spacial score (nSPS) is 26.5. The van der Waals surface area contributed by atoms with Crippen molar-refractivity contribution in [1.82, 2.24) is 9.97 Å². The molecule has 2 aliphatic carbocycles. The second-order valence-electron chi connectivity index (χ2n) is 14.8. The van der Waals surface area contributed by atoms with Crippen LogP contribution < -0.4 is 0 Å². The minimum absolute atomic E-state index is 0.00466. The lowest BCUT2D eigenvalue weighted by Gasteiger charge is -2.44. The maximum atomic E-state index is 13.4. The van der Waals surface area contributed by atoms with E-state index in [9.17, 15) is 18.3 Å². The van der Waals surface area contributed by atoms with Gasteiger partial charge in [0, 0.05) is 60.2 Å². The lowest BCUT2D eigenvalue weighted by atomic mass is 9.73. The molecule has 230 valence electrons. The van der Waals surface area contributed by atoms with E-state index in [-0.39, 0.29) is 28.0 Å². The Balaban J connectivity index is 1.61. The summed E-state index contributed by atoms with van der Waals surface area (Å²) in [5.41, 5.74) is 2.69. The van der Waals surface area contributed by atoms with Crippen LogP contribution in [0.25, 0.3) is 0 Å². The standard InChI is InChI=1S/C32H43F3N2O4Si/c1-19(2)27-26-25(24-21(37-27)16-29(10-11-29)17-22(24)40-42(6,7)28(3,4)5)30(12-14-39-15-13-30)41-31(26,38)20-8-9-23(36-18-20)32(33,34)35/h8-9,18-19,22,38H,10-17H2,1-7H3/t22-,31?/m0/s1. The van der Waals surface area contributed by atoms with Gasteiger partial charge in [-0.3, -0.25) is 9.97 Å². The van der Waals surface area contributed by atoms with Gasteiger partial charge in [0.25, 0.3) is 0 Å². The molecule has 42 heavy (non-hydrogen) atoms. The SMILES string of the molecule is CC(C)c1nc2c(c3c1C(O)(c1ccc(C(F)(F)F)nc1)OC31CCOCC1)[C@@H](O[Si](C)(C)C(C)(C)C)CC1(CC1)C2. The average molecular weight is 605 g/mol. The zero-order valence-electron chi connectivity index (χ0n) is 25.7. The Labute approximate surface area is 247 Å². The Bertz CT molecular complexity index is 1380. The highest BCUT2D eigenvalue weighted by molar-refractivity contribution is 6.74. The molecule has 10 heteroatoms. The third kappa shape index (κ3) is 4.76. The second-order valence-corrected chi connectivity index (χ2v) is 19.5. The Kier molecular flexibility index (Phi) is 6.88. The van der Waals surface area contributed by atoms with Crippen molar-refractivity contribution in [2.75, 3.05) is 13.2 Å². The Morgan fingerprint density at radius 1 is 1.05 bits per heavy atom. The van der Waals surface area contributed by atoms with Gasteiger partial charge in [0.15, 0.2) is 8.32 Å². The van der Waals surface area contributed by atoms with E-state index in [1.807, 2.05) is 13.8 Å². The third-order valence-corrected chi connectivity index (χ3v) is 14.9. The van der Waals surface area contributed by atoms with Crippen LogP contribution in [0, 0.1) is 5.41 Å². The minimum atomic E-state index is -4.59. The minimum Gasteiger partial charge on any atom is -0.410 e. The molecule has 1 unspecified atom stereocenters. The maximum Gasteiger partial charge on any atom is 0.433 e. The summed E-state index contributed by atoms with van der Waals surface area (Å²) in [6.07, 6.45) is 1.40. The van der Waals surface area contributed by atoms with E-state index >= 15 is 0 Å². The number of aromatic nitrogens is 2. The first-order valence-corrected chi connectivity index (χ1v) is 18.1. The monoisotopic (exact) mass is 604 g/mol. The molecule has 0 aromatic carbocycles. The molecule has 2 aromatic rings. The van der Waals surface area contributed by atoms with Crippen molar-refractivity contribution in [3.63, 3.8) is 0 Å². The molecular formula is C32H43F3N2O4Si. The summed E-state index contributed by atoms with van der Waals surface area (Å²) in [5.74, 6) is -2.07. The first kappa shape index (κ1) is 30.2. The van der Waals surface area contributed by atoms with Crippen LogP contribution in [-0.2, 0) is 37.9 Å². The summed E-state index contributed by atoms with van der Waals surface area (Å²) >= 11 is 0. The number of fused-ring (bicyclic) bond motifs is 4. The van der Waals surface area contributed by atoms with Crippen LogP contribution >= 0.6 is 0 Å². The lowest BCUT2D eigenvalue weighted by Crippen LogP contribution is -2.44. The number of halogens is 3. The number of hydrogen-bond donors (Lipinski definition) is 1. The Hall–Kier alpha value is -1.85. The van der Waals surface area contributed by atoms with Crippen molar-refractivity contribution in [1.29, 1.82) is 0 Å². The fraction of sp³-hybridized carbons (Fsp3) is 0.688. The first-order valence-electron chi connectivity index (χ1n) is 15.2. The molecule has 0 bridgehead atoms. The van der Waals surface area contributed by atoms with Gasteiger partial charge in [-0.25, -0.2) is 0 Å². The van der Waals surface area contributed by atoms with Gasteiger partial charge in [0.05, 0.1) is 11.8 Å². The van der Waals surface area contributed by atoms with Crippen LogP contribution in [-0.4, -0.2) is 36.6 Å². The molecule has 2 aliphatic heterocycles. The van der Waals surface area contributed by atoms with Crippen molar-refractivity contribution in [3.8, 4) is 0 Å². The highest BCUT2D eigenvalue weighted by atomic mass is 28.4. The summed E-state index contributed by atoms with van der Waals surface area (Å²) in [6, 6.07) is 2.19. The van der Waals surface area contributed by atoms with E-state index in [0.717, 1.165) is 60.5 Å². The Morgan fingerprint density at radius 2 is 1.71 bits per heavy atom. The van der Waals surface area contributed by atoms with Gasteiger partial charge < -0.3 is 19.0 Å². The molecule has 2 spiro atoms. The predicted octanol–water partition coefficient (Wildman–Crippen LogP) is 7.64. The van der Waals surface area contributed by atoms with Crippen molar-refractivity contribution >= 4 is 8.32 Å². The second kappa shape index (κ2) is 9.57. The summed E-state index contributed by atoms with van der Waals surface area (Å²) in [4.78, 5) is 8.98. The highest BCUT2D eigenvalue weighted by Crippen LogP contribution is 2.64. The van der Waals surface area contributed by atoms with Crippen molar-refractivity contribution < 1.29 is 32.2 Å². The van der Waals surface area contributed by atoms with E-state index < -0.39 is 31.6 Å². The molecule has 6 rings (SSSR count). The molecular weight excluding hydrogens is 561 g/mol. The number of alkyl halides is 3. The predicted molar refractivity (Wildman–Crippen MR) is 154 cm³/mol. The van der Waals surface area contributed by atoms with Crippen LogP contribution in [0.1, 0.15) is 118 Å². The van der Waals surface area contributed by atoms with Crippen LogP contribution in [0.2, 0.25) is 18.1 Å². The van der Waals surface area contributed by atoms with Crippen LogP contribution in [0.5, 0.6) is 0 Å². The van der Waals surface area contributed by atoms with Gasteiger partial charge in [0.2, 0.25) is 5.79 Å². The van der Waals surface area contributed by atoms with Crippen molar-refractivity contribution in [2.24, 2.45) is 5.41 Å². The summed E-state index contributed by atoms with van der Waals surface area (Å²) in [5, 5.41) is 12.6. The van der Waals surface area contributed by atoms with Crippen LogP contribution in [0.4, 0.5) is 13.2 Å². The van der Waals surface area contributed by atoms with Crippen LogP contribution in [0.3, 0.4) is 0 Å². The van der Waals surface area contributed by atoms with Gasteiger partial charge in [-0.15, -0.1) is 0 Å². The number of aliphatic hydroxyl groups is 1. The topological polar surface area (TPSA) is 73.7 Å². The Morgan fingerprint density at radius 3 is 2.24 bits per heavy atom. The van der Waals surface area contributed by atoms with E-state index in [2.05, 4.69) is 38.8 Å². The molecule has 0 amide bonds. The first-order chi connectivity index (χ1) is 19.4. The molecule has 0 radical (unpaired) electrons. The number of ether oxygens (including phenoxy) is 2. The quantitative estimate of drug-likeness (QED) is 0.362. The van der Waals surface area contributed by atoms with E-state index in [0.29, 0.717) is 31.6 Å². The summed E-state index contributed by atoms with van der Waals surface area (Å²) in [7, 11) is -2.22. The molecule has 4 aliphatic rings. The average Bonchev–Trinajstić information content (AvgIpc) is 3.58. The molecule has 6 nitrogen and oxygen atoms in total. The summed E-state index contributed by atoms with van der Waals surface area (Å²) < 4.78 is 60.0. The summed E-state index contributed by atoms with van der Waals surface area (Å²) in [6.45, 7) is 16.2. The van der Waals surface area contributed by atoms with E-state index in [4.69, 9.17) is 18.9 Å².